The maximum absolute atomic E-state index is 13.3. The van der Waals surface area contributed by atoms with Gasteiger partial charge in [-0.3, -0.25) is 4.79 Å². The normalized spacial score (nSPS) is 24.5. The summed E-state index contributed by atoms with van der Waals surface area (Å²) in [5.74, 6) is 0.103. The molecule has 2 aliphatic heterocycles. The van der Waals surface area contributed by atoms with Gasteiger partial charge in [0.15, 0.2) is 0 Å². The molecule has 0 aromatic carbocycles. The van der Waals surface area contributed by atoms with Crippen molar-refractivity contribution in [3.63, 3.8) is 0 Å². The van der Waals surface area contributed by atoms with Crippen molar-refractivity contribution in [2.24, 2.45) is 0 Å². The summed E-state index contributed by atoms with van der Waals surface area (Å²) in [6.45, 7) is 7.96. The maximum Gasteiger partial charge on any atom is 0.257 e. The minimum absolute atomic E-state index is 0.103. The highest BCUT2D eigenvalue weighted by molar-refractivity contribution is 5.96. The van der Waals surface area contributed by atoms with Crippen LogP contribution in [0.4, 0.5) is 0 Å². The summed E-state index contributed by atoms with van der Waals surface area (Å²) < 4.78 is 1.83. The molecule has 2 fully saturated rings. The summed E-state index contributed by atoms with van der Waals surface area (Å²) in [6.07, 6.45) is 11.8. The molecule has 6 heteroatoms. The second-order valence-corrected chi connectivity index (χ2v) is 8.39. The van der Waals surface area contributed by atoms with Crippen LogP contribution >= 0.6 is 0 Å². The SMILES string of the molecule is Cc1nn(C2=CC=CC(O)C2)c(C)c1C(=O)N1CCC(N2CCCCC2)CC1. The van der Waals surface area contributed by atoms with Crippen LogP contribution in [-0.4, -0.2) is 68.9 Å². The van der Waals surface area contributed by atoms with Crippen molar-refractivity contribution in [2.75, 3.05) is 26.2 Å². The Morgan fingerprint density at radius 1 is 1.11 bits per heavy atom. The zero-order valence-corrected chi connectivity index (χ0v) is 17.1. The fourth-order valence-corrected chi connectivity index (χ4v) is 4.91. The van der Waals surface area contributed by atoms with Crippen molar-refractivity contribution in [1.29, 1.82) is 0 Å². The van der Waals surface area contributed by atoms with Crippen LogP contribution in [0.1, 0.15) is 60.3 Å². The first-order chi connectivity index (χ1) is 13.5. The van der Waals surface area contributed by atoms with Gasteiger partial charge in [-0.1, -0.05) is 18.6 Å². The molecule has 2 saturated heterocycles. The smallest absolute Gasteiger partial charge is 0.257 e. The molecule has 4 rings (SSSR count). The number of carbonyl (C=O) groups excluding carboxylic acids is 1. The lowest BCUT2D eigenvalue weighted by molar-refractivity contribution is 0.0588. The van der Waals surface area contributed by atoms with Gasteiger partial charge in [0, 0.05) is 31.2 Å². The molecular weight excluding hydrogens is 352 g/mol. The molecule has 1 atom stereocenters. The Kier molecular flexibility index (Phi) is 5.69. The molecular formula is C22H32N4O2. The Labute approximate surface area is 167 Å². The van der Waals surface area contributed by atoms with Crippen LogP contribution in [0.2, 0.25) is 0 Å². The van der Waals surface area contributed by atoms with Crippen molar-refractivity contribution >= 4 is 11.6 Å². The van der Waals surface area contributed by atoms with E-state index in [2.05, 4.69) is 10.00 Å². The average molecular weight is 385 g/mol. The summed E-state index contributed by atoms with van der Waals surface area (Å²) in [5.41, 5.74) is 3.29. The Morgan fingerprint density at radius 3 is 2.50 bits per heavy atom. The number of rotatable bonds is 3. The summed E-state index contributed by atoms with van der Waals surface area (Å²) in [5, 5.41) is 14.5. The van der Waals surface area contributed by atoms with Crippen LogP contribution in [0, 0.1) is 13.8 Å². The lowest BCUT2D eigenvalue weighted by Gasteiger charge is -2.40. The number of aryl methyl sites for hydroxylation is 1. The van der Waals surface area contributed by atoms with Crippen LogP contribution in [0.3, 0.4) is 0 Å². The average Bonchev–Trinajstić information content (AvgIpc) is 3.02. The third-order valence-electron chi connectivity index (χ3n) is 6.48. The predicted octanol–water partition coefficient (Wildman–Crippen LogP) is 2.75. The number of hydrogen-bond acceptors (Lipinski definition) is 4. The number of likely N-dealkylation sites (tertiary alicyclic amines) is 2. The van der Waals surface area contributed by atoms with Crippen molar-refractivity contribution < 1.29 is 9.90 Å². The third kappa shape index (κ3) is 3.80. The minimum Gasteiger partial charge on any atom is -0.389 e. The Bertz CT molecular complexity index is 781. The number of piperidine rings is 2. The van der Waals surface area contributed by atoms with E-state index >= 15 is 0 Å². The van der Waals surface area contributed by atoms with Crippen LogP contribution in [-0.2, 0) is 0 Å². The number of nitrogens with zero attached hydrogens (tertiary/aromatic N) is 4. The minimum atomic E-state index is -0.489. The predicted molar refractivity (Wildman–Crippen MR) is 110 cm³/mol. The highest BCUT2D eigenvalue weighted by Gasteiger charge is 2.30. The van der Waals surface area contributed by atoms with Crippen LogP contribution in [0.25, 0.3) is 5.70 Å². The van der Waals surface area contributed by atoms with E-state index in [-0.39, 0.29) is 5.91 Å². The Morgan fingerprint density at radius 2 is 1.82 bits per heavy atom. The van der Waals surface area contributed by atoms with Gasteiger partial charge in [0.05, 0.1) is 23.1 Å². The molecule has 3 aliphatic rings. The van der Waals surface area contributed by atoms with E-state index in [1.54, 1.807) is 6.08 Å². The molecule has 0 bridgehead atoms. The fourth-order valence-electron chi connectivity index (χ4n) is 4.91. The van der Waals surface area contributed by atoms with Gasteiger partial charge in [0.1, 0.15) is 0 Å². The lowest BCUT2D eigenvalue weighted by Crippen LogP contribution is -2.48. The van der Waals surface area contributed by atoms with Crippen LogP contribution in [0.15, 0.2) is 18.2 Å². The van der Waals surface area contributed by atoms with Gasteiger partial charge in [0.25, 0.3) is 5.91 Å². The Hall–Kier alpha value is -1.92. The zero-order chi connectivity index (χ0) is 19.7. The summed E-state index contributed by atoms with van der Waals surface area (Å²) >= 11 is 0. The number of amides is 1. The second-order valence-electron chi connectivity index (χ2n) is 8.39. The molecule has 1 amide bonds. The number of carbonyl (C=O) groups is 1. The lowest BCUT2D eigenvalue weighted by atomic mass is 9.99. The molecule has 28 heavy (non-hydrogen) atoms. The first-order valence-electron chi connectivity index (χ1n) is 10.7. The van der Waals surface area contributed by atoms with E-state index in [4.69, 9.17) is 0 Å². The molecule has 0 spiro atoms. The highest BCUT2D eigenvalue weighted by atomic mass is 16.3. The van der Waals surface area contributed by atoms with E-state index in [1.807, 2.05) is 35.6 Å². The molecule has 0 radical (unpaired) electrons. The van der Waals surface area contributed by atoms with Gasteiger partial charge < -0.3 is 14.9 Å². The summed E-state index contributed by atoms with van der Waals surface area (Å²) in [4.78, 5) is 17.9. The van der Waals surface area contributed by atoms with Gasteiger partial charge in [0.2, 0.25) is 0 Å². The largest absolute Gasteiger partial charge is 0.389 e. The van der Waals surface area contributed by atoms with Crippen molar-refractivity contribution in [3.05, 3.63) is 35.2 Å². The number of aliphatic hydroxyl groups is 1. The molecule has 1 N–H and O–H groups in total. The number of allylic oxidation sites excluding steroid dienone is 2. The standard InChI is InChI=1S/C22H32N4O2/c1-16-21(17(2)26(23-16)19-7-6-8-20(27)15-19)22(28)25-13-9-18(10-14-25)24-11-4-3-5-12-24/h6-8,18,20,27H,3-5,9-15H2,1-2H3. The molecule has 3 heterocycles. The first-order valence-corrected chi connectivity index (χ1v) is 10.7. The van der Waals surface area contributed by atoms with Crippen LogP contribution < -0.4 is 0 Å². The van der Waals surface area contributed by atoms with Gasteiger partial charge in [-0.05, 0) is 58.7 Å². The van der Waals surface area contributed by atoms with Crippen molar-refractivity contribution in [1.82, 2.24) is 19.6 Å². The van der Waals surface area contributed by atoms with Gasteiger partial charge in [-0.2, -0.15) is 5.10 Å². The zero-order valence-electron chi connectivity index (χ0n) is 17.1. The maximum atomic E-state index is 13.3. The van der Waals surface area contributed by atoms with Gasteiger partial charge in [-0.25, -0.2) is 4.68 Å². The summed E-state index contributed by atoms with van der Waals surface area (Å²) in [7, 11) is 0. The topological polar surface area (TPSA) is 61.6 Å². The first kappa shape index (κ1) is 19.4. The van der Waals surface area contributed by atoms with Gasteiger partial charge >= 0.3 is 0 Å². The Balaban J connectivity index is 1.45. The quantitative estimate of drug-likeness (QED) is 0.870. The molecule has 152 valence electrons. The molecule has 1 aromatic heterocycles. The van der Waals surface area contributed by atoms with Crippen molar-refractivity contribution in [2.45, 2.75) is 64.5 Å². The number of aliphatic hydroxyl groups excluding tert-OH is 1. The monoisotopic (exact) mass is 384 g/mol. The van der Waals surface area contributed by atoms with Crippen LogP contribution in [0.5, 0.6) is 0 Å². The number of aromatic nitrogens is 2. The molecule has 1 aromatic rings. The van der Waals surface area contributed by atoms with Crippen molar-refractivity contribution in [3.8, 4) is 0 Å². The molecule has 6 nitrogen and oxygen atoms in total. The van der Waals surface area contributed by atoms with Gasteiger partial charge in [-0.15, -0.1) is 0 Å². The third-order valence-corrected chi connectivity index (χ3v) is 6.48. The summed E-state index contributed by atoms with van der Waals surface area (Å²) in [6, 6.07) is 0.634. The van der Waals surface area contributed by atoms with E-state index in [0.717, 1.165) is 48.6 Å². The highest BCUT2D eigenvalue weighted by Crippen LogP contribution is 2.26. The van der Waals surface area contributed by atoms with E-state index < -0.39 is 6.10 Å². The van der Waals surface area contributed by atoms with E-state index in [9.17, 15) is 9.90 Å². The molecule has 0 saturated carbocycles. The molecule has 1 unspecified atom stereocenters. The second kappa shape index (κ2) is 8.21. The molecule has 1 aliphatic carbocycles. The fraction of sp³-hybridized carbons (Fsp3) is 0.636. The van der Waals surface area contributed by atoms with E-state index in [0.29, 0.717) is 12.5 Å². The van der Waals surface area contributed by atoms with E-state index in [1.165, 1.54) is 32.4 Å². The number of hydrogen-bond donors (Lipinski definition) is 1.